The van der Waals surface area contributed by atoms with Crippen LogP contribution in [0.5, 0.6) is 0 Å². The summed E-state index contributed by atoms with van der Waals surface area (Å²) in [5, 5.41) is 46.5. The van der Waals surface area contributed by atoms with Crippen LogP contribution < -0.4 is 0 Å². The SMILES string of the molecule is CC(=O)OC12COC1C[C@H](C)[C@@]1(C)C(=O)C(O)C3=C(C)C(=O)CC(O)(C(O)C21)C3(C)C.CC(=O)OC12COC1C[C@H](C)[C@@]1(C)C(=O)C(O)C3=C(C)C(=O)CC4(OC(=O)OC4C21)C3(C)C. The molecule has 4 N–H and O–H groups in total. The maximum Gasteiger partial charge on any atom is 0.509 e. The van der Waals surface area contributed by atoms with Gasteiger partial charge in [0.05, 0.1) is 31.7 Å². The molecule has 3 aliphatic heterocycles. The van der Waals surface area contributed by atoms with Gasteiger partial charge in [0.25, 0.3) is 0 Å². The average Bonchev–Trinajstić information content (AvgIpc) is 3.51. The van der Waals surface area contributed by atoms with Crippen LogP contribution in [0.25, 0.3) is 0 Å². The highest BCUT2D eigenvalue weighted by Gasteiger charge is 2.80. The average molecular weight is 899 g/mol. The molecule has 0 aromatic rings. The standard InChI is InChI=1S/C24H30O9.C23H32O8/c1-10-7-14-23(9-30-14,32-12(3)25)17-19-24(33-20(29)31-19)8-13(26)11(2)15(21(24,4)5)16(27)18(28)22(10,17)6;1-10-7-14-22(9-30-14,31-12(3)24)17-19(28)23(29)8-13(25)11(2)15(20(23,4)5)16(26)18(27)21(10,17)6/h10,14,16-17,19,27H,7-9H2,1-6H3;10,14,16-17,19,26,28-29H,7-9H2,1-6H3/t10-,14?,16?,17?,19?,22+,23?,24?;10-,14?,16?,17?,19?,21+,22?,23?/m00/s1. The van der Waals surface area contributed by atoms with Crippen LogP contribution in [0.4, 0.5) is 4.79 Å². The molecule has 6 aliphatic carbocycles. The molecule has 0 amide bonds. The molecule has 9 aliphatic rings. The predicted octanol–water partition coefficient (Wildman–Crippen LogP) is 2.58. The second-order valence-corrected chi connectivity index (χ2v) is 21.7. The second kappa shape index (κ2) is 14.1. The van der Waals surface area contributed by atoms with Gasteiger partial charge in [-0.2, -0.15) is 0 Å². The van der Waals surface area contributed by atoms with E-state index in [9.17, 15) is 54.0 Å². The second-order valence-electron chi connectivity index (χ2n) is 21.7. The van der Waals surface area contributed by atoms with Crippen LogP contribution in [-0.2, 0) is 57.2 Å². The first kappa shape index (κ1) is 46.7. The number of hydrogen-bond donors (Lipinski definition) is 4. The largest absolute Gasteiger partial charge is 0.509 e. The first-order chi connectivity index (χ1) is 29.4. The summed E-state index contributed by atoms with van der Waals surface area (Å²) in [5.74, 6) is -5.50. The maximum atomic E-state index is 14.1. The Kier molecular flexibility index (Phi) is 10.3. The highest BCUT2D eigenvalue weighted by molar-refractivity contribution is 6.03. The Balaban J connectivity index is 0.000000175. The van der Waals surface area contributed by atoms with E-state index in [-0.39, 0.29) is 60.4 Å². The molecule has 3 saturated heterocycles. The molecule has 0 aromatic carbocycles. The minimum atomic E-state index is -1.98. The topological polar surface area (TPSA) is 256 Å². The van der Waals surface area contributed by atoms with E-state index in [1.807, 2.05) is 13.8 Å². The van der Waals surface area contributed by atoms with Crippen molar-refractivity contribution < 1.29 is 82.4 Å². The molecule has 12 unspecified atom stereocenters. The first-order valence-electron chi connectivity index (χ1n) is 22.3. The van der Waals surface area contributed by atoms with Gasteiger partial charge in [0.2, 0.25) is 0 Å². The van der Waals surface area contributed by atoms with E-state index >= 15 is 0 Å². The van der Waals surface area contributed by atoms with Crippen molar-refractivity contribution in [3.05, 3.63) is 22.3 Å². The normalized spacial score (nSPS) is 48.2. The Morgan fingerprint density at radius 1 is 0.656 bits per heavy atom. The van der Waals surface area contributed by atoms with Crippen LogP contribution in [0.15, 0.2) is 22.3 Å². The van der Waals surface area contributed by atoms with E-state index in [0.717, 1.165) is 0 Å². The van der Waals surface area contributed by atoms with Crippen molar-refractivity contribution in [1.82, 2.24) is 0 Å². The van der Waals surface area contributed by atoms with Crippen molar-refractivity contribution in [1.29, 1.82) is 0 Å². The molecule has 3 heterocycles. The zero-order valence-corrected chi connectivity index (χ0v) is 38.6. The molecule has 0 radical (unpaired) electrons. The van der Waals surface area contributed by atoms with Crippen molar-refractivity contribution in [2.75, 3.05) is 13.2 Å². The number of rotatable bonds is 2. The van der Waals surface area contributed by atoms with Crippen LogP contribution in [0.2, 0.25) is 0 Å². The summed E-state index contributed by atoms with van der Waals surface area (Å²) in [6.45, 7) is 19.5. The van der Waals surface area contributed by atoms with Crippen LogP contribution in [0.3, 0.4) is 0 Å². The van der Waals surface area contributed by atoms with Gasteiger partial charge in [0, 0.05) is 47.8 Å². The van der Waals surface area contributed by atoms with Gasteiger partial charge in [-0.15, -0.1) is 0 Å². The number of aliphatic hydroxyl groups excluding tert-OH is 3. The van der Waals surface area contributed by atoms with Crippen LogP contribution >= 0.6 is 0 Å². The minimum absolute atomic E-state index is 0.0217. The minimum Gasteiger partial charge on any atom is -0.454 e. The fourth-order valence-corrected chi connectivity index (χ4v) is 14.4. The Bertz CT molecular complexity index is 2240. The summed E-state index contributed by atoms with van der Waals surface area (Å²) in [6, 6.07) is 0. The number of Topliss-reactive ketones (excluding diaryl/α,β-unsaturated/α-hetero) is 4. The summed E-state index contributed by atoms with van der Waals surface area (Å²) in [4.78, 5) is 91.0. The summed E-state index contributed by atoms with van der Waals surface area (Å²) < 4.78 is 34.8. The van der Waals surface area contributed by atoms with E-state index < -0.39 is 128 Å². The highest BCUT2D eigenvalue weighted by atomic mass is 16.8. The molecule has 0 aromatic heterocycles. The van der Waals surface area contributed by atoms with Gasteiger partial charge in [-0.1, -0.05) is 55.4 Å². The zero-order valence-electron chi connectivity index (χ0n) is 38.6. The van der Waals surface area contributed by atoms with Crippen molar-refractivity contribution in [2.45, 2.75) is 168 Å². The fourth-order valence-electron chi connectivity index (χ4n) is 14.4. The summed E-state index contributed by atoms with van der Waals surface area (Å²) >= 11 is 0. The van der Waals surface area contributed by atoms with Gasteiger partial charge in [-0.05, 0) is 60.8 Å². The highest BCUT2D eigenvalue weighted by Crippen LogP contribution is 2.68. The van der Waals surface area contributed by atoms with Crippen molar-refractivity contribution in [3.8, 4) is 0 Å². The molecular weight excluding hydrogens is 836 g/mol. The number of fused-ring (bicyclic) bond motifs is 10. The van der Waals surface area contributed by atoms with Gasteiger partial charge < -0.3 is 48.8 Å². The Labute approximate surface area is 371 Å². The molecule has 17 heteroatoms. The third-order valence-corrected chi connectivity index (χ3v) is 18.5. The molecule has 17 nitrogen and oxygen atoms in total. The molecule has 9 rings (SSSR count). The monoisotopic (exact) mass is 898 g/mol. The third-order valence-electron chi connectivity index (χ3n) is 18.5. The molecular formula is C47H62O17. The summed E-state index contributed by atoms with van der Waals surface area (Å²) in [7, 11) is 0. The van der Waals surface area contributed by atoms with Crippen molar-refractivity contribution in [3.63, 3.8) is 0 Å². The molecule has 4 bridgehead atoms. The number of allylic oxidation sites excluding steroid dienone is 2. The number of ether oxygens (including phenoxy) is 6. The van der Waals surface area contributed by atoms with Crippen molar-refractivity contribution in [2.24, 2.45) is 45.3 Å². The first-order valence-corrected chi connectivity index (χ1v) is 22.3. The Hall–Kier alpha value is -3.87. The molecule has 7 fully saturated rings. The number of carbonyl (C=O) groups is 7. The van der Waals surface area contributed by atoms with Crippen LogP contribution in [0.1, 0.15) is 109 Å². The quantitative estimate of drug-likeness (QED) is 0.229. The van der Waals surface area contributed by atoms with Crippen molar-refractivity contribution >= 4 is 41.2 Å². The predicted molar refractivity (Wildman–Crippen MR) is 219 cm³/mol. The van der Waals surface area contributed by atoms with E-state index in [4.69, 9.17) is 28.4 Å². The lowest BCUT2D eigenvalue weighted by molar-refractivity contribution is -0.339. The molecule has 16 atom stereocenters. The van der Waals surface area contributed by atoms with Gasteiger partial charge in [0.1, 0.15) is 30.0 Å². The lowest BCUT2D eigenvalue weighted by atomic mass is 9.43. The van der Waals surface area contributed by atoms with Crippen LogP contribution in [-0.4, -0.2) is 134 Å². The third kappa shape index (κ3) is 5.42. The van der Waals surface area contributed by atoms with E-state index in [1.54, 1.807) is 55.4 Å². The summed E-state index contributed by atoms with van der Waals surface area (Å²) in [5.41, 5.74) is -10.0. The van der Waals surface area contributed by atoms with Gasteiger partial charge >= 0.3 is 18.1 Å². The maximum absolute atomic E-state index is 14.1. The lowest BCUT2D eigenvalue weighted by Gasteiger charge is -2.67. The van der Waals surface area contributed by atoms with Gasteiger partial charge in [0.15, 0.2) is 46.0 Å². The molecule has 1 spiro atoms. The number of esters is 2. The number of carbonyl (C=O) groups excluding carboxylic acids is 7. The number of hydrogen-bond acceptors (Lipinski definition) is 17. The molecule has 4 saturated carbocycles. The van der Waals surface area contributed by atoms with Gasteiger partial charge in [-0.3, -0.25) is 28.8 Å². The lowest BCUT2D eigenvalue weighted by Crippen LogP contribution is -2.80. The van der Waals surface area contributed by atoms with E-state index in [2.05, 4.69) is 0 Å². The fraction of sp³-hybridized carbons (Fsp3) is 0.766. The molecule has 64 heavy (non-hydrogen) atoms. The Morgan fingerprint density at radius 3 is 1.52 bits per heavy atom. The number of aliphatic hydroxyl groups is 4. The number of ketones is 4. The summed E-state index contributed by atoms with van der Waals surface area (Å²) in [6.07, 6.45) is -7.55. The Morgan fingerprint density at radius 2 is 1.08 bits per heavy atom. The van der Waals surface area contributed by atoms with Gasteiger partial charge in [-0.25, -0.2) is 4.79 Å². The van der Waals surface area contributed by atoms with Crippen LogP contribution in [0, 0.1) is 45.3 Å². The molecule has 352 valence electrons. The van der Waals surface area contributed by atoms with E-state index in [0.29, 0.717) is 18.4 Å². The zero-order chi connectivity index (χ0) is 47.6. The smallest absolute Gasteiger partial charge is 0.454 e. The van der Waals surface area contributed by atoms with E-state index in [1.165, 1.54) is 13.8 Å².